The van der Waals surface area contributed by atoms with Crippen LogP contribution in [-0.2, 0) is 19.1 Å². The van der Waals surface area contributed by atoms with Gasteiger partial charge >= 0.3 is 0 Å². The summed E-state index contributed by atoms with van der Waals surface area (Å²) in [6, 6.07) is 0. The monoisotopic (exact) mass is 285 g/mol. The van der Waals surface area contributed by atoms with Gasteiger partial charge in [-0.25, -0.2) is 9.88 Å². The van der Waals surface area contributed by atoms with Crippen molar-refractivity contribution in [2.24, 2.45) is 0 Å². The Balaban J connectivity index is 0.000000550. The minimum Gasteiger partial charge on any atom is -0.439 e. The summed E-state index contributed by atoms with van der Waals surface area (Å²) >= 11 is 1.08. The van der Waals surface area contributed by atoms with Crippen molar-refractivity contribution in [3.05, 3.63) is 17.5 Å². The second-order valence-corrected chi connectivity index (χ2v) is 4.46. The van der Waals surface area contributed by atoms with Gasteiger partial charge in [0.15, 0.2) is 0 Å². The number of amides is 1. The van der Waals surface area contributed by atoms with Gasteiger partial charge < -0.3 is 9.47 Å². The molecule has 19 heavy (non-hydrogen) atoms. The van der Waals surface area contributed by atoms with Crippen LogP contribution in [0.4, 0.5) is 5.13 Å². The average molecular weight is 285 g/mol. The van der Waals surface area contributed by atoms with Crippen LogP contribution in [0.2, 0.25) is 0 Å². The van der Waals surface area contributed by atoms with Gasteiger partial charge in [-0.15, -0.1) is 0 Å². The zero-order valence-electron chi connectivity index (χ0n) is 11.1. The summed E-state index contributed by atoms with van der Waals surface area (Å²) < 4.78 is 13.0. The van der Waals surface area contributed by atoms with Gasteiger partial charge in [0.2, 0.25) is 11.4 Å². The maximum absolute atomic E-state index is 11.9. The van der Waals surface area contributed by atoms with Gasteiger partial charge in [-0.2, -0.15) is 4.37 Å². The van der Waals surface area contributed by atoms with Crippen LogP contribution in [0.1, 0.15) is 13.8 Å². The number of rotatable bonds is 3. The first-order valence-corrected chi connectivity index (χ1v) is 6.12. The third kappa shape index (κ3) is 3.15. The normalized spacial score (nSPS) is 18.2. The molecule has 0 saturated heterocycles. The molecule has 2 heterocycles. The van der Waals surface area contributed by atoms with Crippen LogP contribution in [0.25, 0.3) is 0 Å². The summed E-state index contributed by atoms with van der Waals surface area (Å²) in [7, 11) is 3.25. The third-order valence-corrected chi connectivity index (χ3v) is 3.14. The summed E-state index contributed by atoms with van der Waals surface area (Å²) in [6.07, 6.45) is 0.659. The molecule has 0 radical (unpaired) electrons. The fraction of sp³-hybridized carbons (Fsp3) is 0.455. The largest absolute Gasteiger partial charge is 0.439 e. The molecule has 0 bridgehead atoms. The molecule has 104 valence electrons. The predicted octanol–water partition coefficient (Wildman–Crippen LogP) is 0.983. The zero-order chi connectivity index (χ0) is 14.4. The van der Waals surface area contributed by atoms with Crippen molar-refractivity contribution in [2.45, 2.75) is 20.1 Å². The fourth-order valence-corrected chi connectivity index (χ4v) is 2.06. The lowest BCUT2D eigenvalue weighted by Gasteiger charge is -2.21. The molecule has 0 spiro atoms. The summed E-state index contributed by atoms with van der Waals surface area (Å²) in [5.74, 6) is -0.207. The molecule has 8 heteroatoms. The van der Waals surface area contributed by atoms with Crippen LogP contribution in [-0.4, -0.2) is 42.2 Å². The van der Waals surface area contributed by atoms with E-state index in [0.29, 0.717) is 22.7 Å². The summed E-state index contributed by atoms with van der Waals surface area (Å²) in [5.41, 5.74) is 1.29. The maximum atomic E-state index is 11.9. The van der Waals surface area contributed by atoms with Gasteiger partial charge in [0.25, 0.3) is 12.4 Å². The highest BCUT2D eigenvalue weighted by Crippen LogP contribution is 2.31. The van der Waals surface area contributed by atoms with Crippen molar-refractivity contribution in [2.75, 3.05) is 19.1 Å². The van der Waals surface area contributed by atoms with E-state index in [9.17, 15) is 9.59 Å². The van der Waals surface area contributed by atoms with E-state index in [1.54, 1.807) is 28.1 Å². The van der Waals surface area contributed by atoms with E-state index in [1.807, 2.05) is 0 Å². The Bertz CT molecular complexity index is 472. The lowest BCUT2D eigenvalue weighted by Crippen LogP contribution is -2.37. The van der Waals surface area contributed by atoms with Gasteiger partial charge in [0.1, 0.15) is 6.33 Å². The van der Waals surface area contributed by atoms with Crippen molar-refractivity contribution < 1.29 is 19.1 Å². The number of methoxy groups -OCH3 is 1. The molecule has 1 atom stereocenters. The number of ether oxygens (including phenoxy) is 2. The highest BCUT2D eigenvalue weighted by Gasteiger charge is 2.38. The molecule has 0 aromatic carbocycles. The van der Waals surface area contributed by atoms with Crippen molar-refractivity contribution in [3.8, 4) is 0 Å². The lowest BCUT2D eigenvalue weighted by atomic mass is 10.2. The molecule has 1 aliphatic heterocycles. The number of nitrogens with zero attached hydrogens (tertiary/aromatic N) is 3. The minimum atomic E-state index is -0.696. The van der Waals surface area contributed by atoms with E-state index in [4.69, 9.17) is 4.74 Å². The minimum absolute atomic E-state index is 0.207. The molecule has 1 aliphatic rings. The predicted molar refractivity (Wildman–Crippen MR) is 69.6 cm³/mol. The molecule has 0 N–H and O–H groups in total. The van der Waals surface area contributed by atoms with Gasteiger partial charge in [0.05, 0.1) is 0 Å². The number of hydrogen-bond acceptors (Lipinski definition) is 7. The Morgan fingerprint density at radius 1 is 1.42 bits per heavy atom. The van der Waals surface area contributed by atoms with E-state index in [2.05, 4.69) is 14.1 Å². The van der Waals surface area contributed by atoms with E-state index >= 15 is 0 Å². The third-order valence-electron chi connectivity index (χ3n) is 2.48. The van der Waals surface area contributed by atoms with Crippen molar-refractivity contribution in [3.63, 3.8) is 0 Å². The molecular weight excluding hydrogens is 270 g/mol. The Kier molecular flexibility index (Phi) is 5.58. The quantitative estimate of drug-likeness (QED) is 0.770. The summed E-state index contributed by atoms with van der Waals surface area (Å²) in [6.45, 7) is 3.77. The molecule has 0 fully saturated rings. The highest BCUT2D eigenvalue weighted by molar-refractivity contribution is 7.09. The SMILES string of the molecule is CC1=C(C)C(OC=O)N(c2ncns2)C1=O.COC. The zero-order valence-corrected chi connectivity index (χ0v) is 11.9. The summed E-state index contributed by atoms with van der Waals surface area (Å²) in [5, 5.41) is 0.424. The smallest absolute Gasteiger partial charge is 0.295 e. The van der Waals surface area contributed by atoms with Crippen LogP contribution in [0.5, 0.6) is 0 Å². The molecule has 1 aromatic heterocycles. The van der Waals surface area contributed by atoms with Crippen molar-refractivity contribution >= 4 is 29.0 Å². The first-order valence-electron chi connectivity index (χ1n) is 5.35. The van der Waals surface area contributed by atoms with E-state index in [0.717, 1.165) is 11.5 Å². The summed E-state index contributed by atoms with van der Waals surface area (Å²) in [4.78, 5) is 27.6. The second kappa shape index (κ2) is 6.95. The number of hydrogen-bond donors (Lipinski definition) is 0. The van der Waals surface area contributed by atoms with Gasteiger partial charge in [-0.1, -0.05) is 0 Å². The Morgan fingerprint density at radius 3 is 2.53 bits per heavy atom. The Labute approximate surface area is 115 Å². The first-order chi connectivity index (χ1) is 9.08. The molecule has 1 unspecified atom stereocenters. The topological polar surface area (TPSA) is 81.6 Å². The van der Waals surface area contributed by atoms with Crippen LogP contribution in [0.15, 0.2) is 17.5 Å². The number of carbonyl (C=O) groups is 2. The standard InChI is InChI=1S/C9H9N3O3S.C2H6O/c1-5-6(2)8(15-4-13)12(7(5)14)9-10-3-11-16-9;1-3-2/h3-4,8H,1-2H3;1-2H3. The lowest BCUT2D eigenvalue weighted by molar-refractivity contribution is -0.132. The first kappa shape index (κ1) is 15.3. The molecule has 7 nitrogen and oxygen atoms in total. The van der Waals surface area contributed by atoms with Gasteiger partial charge in [-0.05, 0) is 19.4 Å². The average Bonchev–Trinajstić information content (AvgIpc) is 2.96. The molecular formula is C11H15N3O4S. The van der Waals surface area contributed by atoms with Crippen molar-refractivity contribution in [1.29, 1.82) is 0 Å². The van der Waals surface area contributed by atoms with E-state index in [-0.39, 0.29) is 5.91 Å². The van der Waals surface area contributed by atoms with E-state index < -0.39 is 6.23 Å². The second-order valence-electron chi connectivity index (χ2n) is 3.70. The molecule has 0 saturated carbocycles. The van der Waals surface area contributed by atoms with Gasteiger partial charge in [0, 0.05) is 31.3 Å². The fourth-order valence-electron chi connectivity index (χ4n) is 1.51. The van der Waals surface area contributed by atoms with Gasteiger partial charge in [-0.3, -0.25) is 9.59 Å². The molecule has 1 aromatic rings. The number of carbonyl (C=O) groups excluding carboxylic acids is 2. The number of aromatic nitrogens is 2. The van der Waals surface area contributed by atoms with Crippen LogP contribution < -0.4 is 4.90 Å². The molecule has 1 amide bonds. The van der Waals surface area contributed by atoms with Crippen LogP contribution in [0, 0.1) is 0 Å². The Morgan fingerprint density at radius 2 is 2.05 bits per heavy atom. The molecule has 2 rings (SSSR count). The van der Waals surface area contributed by atoms with E-state index in [1.165, 1.54) is 11.2 Å². The van der Waals surface area contributed by atoms with Crippen molar-refractivity contribution in [1.82, 2.24) is 9.36 Å². The van der Waals surface area contributed by atoms with Crippen LogP contribution >= 0.6 is 11.5 Å². The Hall–Kier alpha value is -1.80. The highest BCUT2D eigenvalue weighted by atomic mass is 32.1. The maximum Gasteiger partial charge on any atom is 0.295 e. The number of anilines is 1. The van der Waals surface area contributed by atoms with Crippen LogP contribution in [0.3, 0.4) is 0 Å². The molecule has 0 aliphatic carbocycles.